The average molecular weight is 293 g/mol. The summed E-state index contributed by atoms with van der Waals surface area (Å²) in [5.41, 5.74) is 0.472. The number of nitrogens with one attached hydrogen (secondary N) is 1. The van der Waals surface area contributed by atoms with E-state index in [4.69, 9.17) is 9.84 Å². The first kappa shape index (κ1) is 17.0. The Balaban J connectivity index is 2.68. The van der Waals surface area contributed by atoms with E-state index in [1.165, 1.54) is 0 Å². The third-order valence-corrected chi connectivity index (χ3v) is 2.93. The number of aliphatic carboxylic acids is 1. The molecular weight excluding hydrogens is 270 g/mol. The second-order valence-electron chi connectivity index (χ2n) is 5.41. The SMILES string of the molecule is CCC(CC(=O)O)NC(=O)c1cccc(OCC(C)C)c1. The van der Waals surface area contributed by atoms with Gasteiger partial charge in [-0.25, -0.2) is 0 Å². The third kappa shape index (κ3) is 6.29. The minimum absolute atomic E-state index is 0.0776. The molecule has 1 aromatic rings. The predicted molar refractivity (Wildman–Crippen MR) is 80.6 cm³/mol. The zero-order valence-corrected chi connectivity index (χ0v) is 12.8. The van der Waals surface area contributed by atoms with Gasteiger partial charge >= 0.3 is 5.97 Å². The highest BCUT2D eigenvalue weighted by atomic mass is 16.5. The number of hydrogen-bond acceptors (Lipinski definition) is 3. The number of carboxylic acids is 1. The lowest BCUT2D eigenvalue weighted by Crippen LogP contribution is -2.36. The van der Waals surface area contributed by atoms with Gasteiger partial charge in [0.15, 0.2) is 0 Å². The summed E-state index contributed by atoms with van der Waals surface area (Å²) in [6.07, 6.45) is 0.493. The van der Waals surface area contributed by atoms with E-state index in [0.29, 0.717) is 30.3 Å². The van der Waals surface area contributed by atoms with E-state index in [1.54, 1.807) is 24.3 Å². The van der Waals surface area contributed by atoms with Crippen molar-refractivity contribution in [2.24, 2.45) is 5.92 Å². The largest absolute Gasteiger partial charge is 0.493 e. The lowest BCUT2D eigenvalue weighted by atomic mass is 10.1. The first-order valence-corrected chi connectivity index (χ1v) is 7.17. The maximum atomic E-state index is 12.1. The van der Waals surface area contributed by atoms with Crippen LogP contribution in [0.15, 0.2) is 24.3 Å². The number of carboxylic acid groups (broad SMARTS) is 1. The van der Waals surface area contributed by atoms with Crippen LogP contribution in [-0.2, 0) is 4.79 Å². The van der Waals surface area contributed by atoms with Crippen LogP contribution >= 0.6 is 0 Å². The molecule has 0 aromatic heterocycles. The number of amides is 1. The summed E-state index contributed by atoms with van der Waals surface area (Å²) in [4.78, 5) is 22.8. The van der Waals surface area contributed by atoms with Crippen LogP contribution < -0.4 is 10.1 Å². The van der Waals surface area contributed by atoms with Crippen LogP contribution in [0.3, 0.4) is 0 Å². The minimum atomic E-state index is -0.920. The van der Waals surface area contributed by atoms with Gasteiger partial charge in [0.25, 0.3) is 5.91 Å². The molecule has 0 aliphatic heterocycles. The van der Waals surface area contributed by atoms with Crippen molar-refractivity contribution in [2.45, 2.75) is 39.7 Å². The second kappa shape index (κ2) is 8.29. The van der Waals surface area contributed by atoms with E-state index >= 15 is 0 Å². The first-order valence-electron chi connectivity index (χ1n) is 7.17. The Morgan fingerprint density at radius 1 is 1.33 bits per heavy atom. The van der Waals surface area contributed by atoms with Crippen molar-refractivity contribution in [1.82, 2.24) is 5.32 Å². The maximum absolute atomic E-state index is 12.1. The molecule has 1 rings (SSSR count). The van der Waals surface area contributed by atoms with Crippen LogP contribution in [0.25, 0.3) is 0 Å². The fourth-order valence-corrected chi connectivity index (χ4v) is 1.77. The van der Waals surface area contributed by atoms with E-state index in [1.807, 2.05) is 20.8 Å². The third-order valence-electron chi connectivity index (χ3n) is 2.93. The van der Waals surface area contributed by atoms with E-state index in [2.05, 4.69) is 5.32 Å². The monoisotopic (exact) mass is 293 g/mol. The van der Waals surface area contributed by atoms with E-state index < -0.39 is 5.97 Å². The zero-order valence-electron chi connectivity index (χ0n) is 12.8. The molecule has 0 aliphatic carbocycles. The van der Waals surface area contributed by atoms with Crippen LogP contribution in [-0.4, -0.2) is 29.6 Å². The molecule has 0 heterocycles. The molecule has 0 spiro atoms. The summed E-state index contributed by atoms with van der Waals surface area (Å²) in [5, 5.41) is 11.5. The van der Waals surface area contributed by atoms with Crippen molar-refractivity contribution >= 4 is 11.9 Å². The second-order valence-corrected chi connectivity index (χ2v) is 5.41. The molecule has 5 nitrogen and oxygen atoms in total. The number of carbonyl (C=O) groups excluding carboxylic acids is 1. The summed E-state index contributed by atoms with van der Waals surface area (Å²) in [5.74, 6) is -0.153. The van der Waals surface area contributed by atoms with Gasteiger partial charge in [0.1, 0.15) is 5.75 Å². The van der Waals surface area contributed by atoms with Gasteiger partial charge in [0.05, 0.1) is 13.0 Å². The molecule has 21 heavy (non-hydrogen) atoms. The van der Waals surface area contributed by atoms with E-state index in [-0.39, 0.29) is 18.4 Å². The van der Waals surface area contributed by atoms with Gasteiger partial charge < -0.3 is 15.2 Å². The zero-order chi connectivity index (χ0) is 15.8. The van der Waals surface area contributed by atoms with Crippen molar-refractivity contribution in [3.05, 3.63) is 29.8 Å². The van der Waals surface area contributed by atoms with Gasteiger partial charge in [0, 0.05) is 11.6 Å². The van der Waals surface area contributed by atoms with Gasteiger partial charge in [-0.05, 0) is 30.5 Å². The summed E-state index contributed by atoms with van der Waals surface area (Å²) >= 11 is 0. The van der Waals surface area contributed by atoms with Crippen molar-refractivity contribution in [3.63, 3.8) is 0 Å². The van der Waals surface area contributed by atoms with Crippen LogP contribution in [0.5, 0.6) is 5.75 Å². The van der Waals surface area contributed by atoms with Crippen LogP contribution in [0.4, 0.5) is 0 Å². The molecule has 0 saturated heterocycles. The van der Waals surface area contributed by atoms with Crippen LogP contribution in [0, 0.1) is 5.92 Å². The van der Waals surface area contributed by atoms with Gasteiger partial charge in [0.2, 0.25) is 0 Å². The molecule has 0 aliphatic rings. The number of benzene rings is 1. The van der Waals surface area contributed by atoms with Crippen molar-refractivity contribution in [1.29, 1.82) is 0 Å². The quantitative estimate of drug-likeness (QED) is 0.772. The topological polar surface area (TPSA) is 75.6 Å². The van der Waals surface area contributed by atoms with Gasteiger partial charge in [-0.3, -0.25) is 9.59 Å². The van der Waals surface area contributed by atoms with E-state index in [9.17, 15) is 9.59 Å². The Morgan fingerprint density at radius 3 is 2.62 bits per heavy atom. The molecule has 0 bridgehead atoms. The maximum Gasteiger partial charge on any atom is 0.305 e. The van der Waals surface area contributed by atoms with Gasteiger partial charge in [-0.1, -0.05) is 26.8 Å². The lowest BCUT2D eigenvalue weighted by Gasteiger charge is -2.15. The number of hydrogen-bond donors (Lipinski definition) is 2. The average Bonchev–Trinajstić information content (AvgIpc) is 2.44. The number of ether oxygens (including phenoxy) is 1. The summed E-state index contributed by atoms with van der Waals surface area (Å²) in [7, 11) is 0. The fraction of sp³-hybridized carbons (Fsp3) is 0.500. The molecule has 1 aromatic carbocycles. The molecule has 1 atom stereocenters. The summed E-state index contributed by atoms with van der Waals surface area (Å²) in [6, 6.07) is 6.54. The molecule has 0 saturated carbocycles. The molecule has 1 amide bonds. The Bertz CT molecular complexity index is 485. The first-order chi connectivity index (χ1) is 9.92. The van der Waals surface area contributed by atoms with Crippen molar-refractivity contribution in [3.8, 4) is 5.75 Å². The molecule has 1 unspecified atom stereocenters. The lowest BCUT2D eigenvalue weighted by molar-refractivity contribution is -0.137. The number of rotatable bonds is 8. The van der Waals surface area contributed by atoms with Gasteiger partial charge in [-0.2, -0.15) is 0 Å². The molecule has 5 heteroatoms. The molecule has 2 N–H and O–H groups in total. The molecule has 0 radical (unpaired) electrons. The van der Waals surface area contributed by atoms with Crippen molar-refractivity contribution in [2.75, 3.05) is 6.61 Å². The predicted octanol–water partition coefficient (Wildman–Crippen LogP) is 2.70. The summed E-state index contributed by atoms with van der Waals surface area (Å²) < 4.78 is 5.58. The minimum Gasteiger partial charge on any atom is -0.493 e. The Hall–Kier alpha value is -2.04. The molecular formula is C16H23NO4. The smallest absolute Gasteiger partial charge is 0.305 e. The Kier molecular flexibility index (Phi) is 6.72. The fourth-order valence-electron chi connectivity index (χ4n) is 1.77. The molecule has 0 fully saturated rings. The standard InChI is InChI=1S/C16H23NO4/c1-4-13(9-15(18)19)17-16(20)12-6-5-7-14(8-12)21-10-11(2)3/h5-8,11,13H,4,9-10H2,1-3H3,(H,17,20)(H,18,19). The van der Waals surface area contributed by atoms with E-state index in [0.717, 1.165) is 0 Å². The Labute approximate surface area is 125 Å². The highest BCUT2D eigenvalue weighted by Gasteiger charge is 2.15. The number of carbonyl (C=O) groups is 2. The Morgan fingerprint density at radius 2 is 2.05 bits per heavy atom. The van der Waals surface area contributed by atoms with Crippen molar-refractivity contribution < 1.29 is 19.4 Å². The highest BCUT2D eigenvalue weighted by molar-refractivity contribution is 5.95. The normalized spacial score (nSPS) is 12.0. The van der Waals surface area contributed by atoms with Gasteiger partial charge in [-0.15, -0.1) is 0 Å². The van der Waals surface area contributed by atoms with Crippen LogP contribution in [0.2, 0.25) is 0 Å². The molecule has 116 valence electrons. The van der Waals surface area contributed by atoms with Crippen LogP contribution in [0.1, 0.15) is 44.0 Å². The highest BCUT2D eigenvalue weighted by Crippen LogP contribution is 2.15. The summed E-state index contributed by atoms with van der Waals surface area (Å²) in [6.45, 7) is 6.53.